The van der Waals surface area contributed by atoms with E-state index in [1.807, 2.05) is 31.2 Å². The molecule has 0 heterocycles. The van der Waals surface area contributed by atoms with Crippen molar-refractivity contribution in [2.24, 2.45) is 5.10 Å². The lowest BCUT2D eigenvalue weighted by Crippen LogP contribution is -2.40. The number of aromatic hydroxyl groups is 1. The zero-order valence-corrected chi connectivity index (χ0v) is 20.2. The lowest BCUT2D eigenvalue weighted by Gasteiger charge is -2.25. The molecule has 178 valence electrons. The summed E-state index contributed by atoms with van der Waals surface area (Å²) >= 11 is 0. The Morgan fingerprint density at radius 1 is 0.943 bits per heavy atom. The highest BCUT2D eigenvalue weighted by Crippen LogP contribution is 2.27. The second kappa shape index (κ2) is 9.99. The maximum absolute atomic E-state index is 13.5. The number of benzene rings is 4. The summed E-state index contributed by atoms with van der Waals surface area (Å²) in [4.78, 5) is 12.9. The molecule has 4 rings (SSSR count). The quantitative estimate of drug-likeness (QED) is 0.296. The SMILES string of the molecule is Cc1ccc(S(=O)(=O)N(CC(=O)N/N=C\c2c(O)ccc3ccccc23)c2ccccc2C)cc1. The minimum Gasteiger partial charge on any atom is -0.507 e. The number of carbonyl (C=O) groups excluding carboxylic acids is 1. The van der Waals surface area contributed by atoms with Gasteiger partial charge in [0.15, 0.2) is 0 Å². The molecule has 0 aliphatic heterocycles. The Hall–Kier alpha value is -4.17. The first-order valence-corrected chi connectivity index (χ1v) is 12.4. The maximum atomic E-state index is 13.5. The number of sulfonamides is 1. The molecule has 4 aromatic carbocycles. The van der Waals surface area contributed by atoms with Crippen LogP contribution >= 0.6 is 0 Å². The van der Waals surface area contributed by atoms with E-state index in [1.165, 1.54) is 18.3 Å². The van der Waals surface area contributed by atoms with Crippen LogP contribution in [0.25, 0.3) is 10.8 Å². The molecule has 0 aliphatic rings. The van der Waals surface area contributed by atoms with E-state index in [-0.39, 0.29) is 10.6 Å². The van der Waals surface area contributed by atoms with Crippen LogP contribution in [0.5, 0.6) is 5.75 Å². The summed E-state index contributed by atoms with van der Waals surface area (Å²) in [7, 11) is -4.02. The Morgan fingerprint density at radius 3 is 2.37 bits per heavy atom. The molecule has 0 aromatic heterocycles. The topological polar surface area (TPSA) is 99.1 Å². The Morgan fingerprint density at radius 2 is 1.63 bits per heavy atom. The number of rotatable bonds is 7. The summed E-state index contributed by atoms with van der Waals surface area (Å²) < 4.78 is 28.1. The molecule has 0 fully saturated rings. The Labute approximate surface area is 204 Å². The van der Waals surface area contributed by atoms with Crippen LogP contribution in [0.15, 0.2) is 94.9 Å². The van der Waals surface area contributed by atoms with Crippen molar-refractivity contribution in [3.05, 3.63) is 102 Å². The number of hydrogen-bond donors (Lipinski definition) is 2. The van der Waals surface area contributed by atoms with E-state index in [4.69, 9.17) is 0 Å². The van der Waals surface area contributed by atoms with Crippen LogP contribution in [0.3, 0.4) is 0 Å². The number of hydrazone groups is 1. The molecule has 0 unspecified atom stereocenters. The van der Waals surface area contributed by atoms with Crippen molar-refractivity contribution >= 4 is 38.6 Å². The van der Waals surface area contributed by atoms with Gasteiger partial charge in [0.05, 0.1) is 16.8 Å². The van der Waals surface area contributed by atoms with Gasteiger partial charge in [0, 0.05) is 5.56 Å². The highest BCUT2D eigenvalue weighted by atomic mass is 32.2. The van der Waals surface area contributed by atoms with Gasteiger partial charge in [-0.05, 0) is 54.4 Å². The monoisotopic (exact) mass is 487 g/mol. The number of fused-ring (bicyclic) bond motifs is 1. The molecule has 0 saturated carbocycles. The van der Waals surface area contributed by atoms with Crippen molar-refractivity contribution in [3.63, 3.8) is 0 Å². The summed E-state index contributed by atoms with van der Waals surface area (Å²) in [5.41, 5.74) is 4.88. The number of hydrogen-bond acceptors (Lipinski definition) is 5. The third-order valence-electron chi connectivity index (χ3n) is 5.61. The van der Waals surface area contributed by atoms with Crippen molar-refractivity contribution in [2.75, 3.05) is 10.8 Å². The van der Waals surface area contributed by atoms with Crippen molar-refractivity contribution in [2.45, 2.75) is 18.7 Å². The molecule has 0 atom stereocenters. The van der Waals surface area contributed by atoms with E-state index in [0.717, 1.165) is 20.6 Å². The van der Waals surface area contributed by atoms with Gasteiger partial charge in [-0.2, -0.15) is 5.10 Å². The van der Waals surface area contributed by atoms with E-state index < -0.39 is 22.5 Å². The highest BCUT2D eigenvalue weighted by Gasteiger charge is 2.28. The van der Waals surface area contributed by atoms with Gasteiger partial charge >= 0.3 is 0 Å². The van der Waals surface area contributed by atoms with Crippen LogP contribution in [0.2, 0.25) is 0 Å². The lowest BCUT2D eigenvalue weighted by atomic mass is 10.0. The molecule has 0 radical (unpaired) electrons. The van der Waals surface area contributed by atoms with Gasteiger partial charge < -0.3 is 5.11 Å². The number of phenols is 1. The zero-order valence-electron chi connectivity index (χ0n) is 19.3. The number of nitrogens with zero attached hydrogens (tertiary/aromatic N) is 2. The number of para-hydroxylation sites is 1. The number of nitrogens with one attached hydrogen (secondary N) is 1. The Balaban J connectivity index is 1.61. The third-order valence-corrected chi connectivity index (χ3v) is 7.38. The maximum Gasteiger partial charge on any atom is 0.264 e. The van der Waals surface area contributed by atoms with E-state index >= 15 is 0 Å². The second-order valence-corrected chi connectivity index (χ2v) is 9.99. The van der Waals surface area contributed by atoms with Crippen LogP contribution in [0.4, 0.5) is 5.69 Å². The van der Waals surface area contributed by atoms with Crippen LogP contribution in [0.1, 0.15) is 16.7 Å². The van der Waals surface area contributed by atoms with Gasteiger partial charge in [0.2, 0.25) is 0 Å². The standard InChI is InChI=1S/C27H25N3O4S/c1-19-11-14-22(15-12-19)35(33,34)30(25-10-6-3-7-20(25)2)18-27(32)29-28-17-24-23-9-5-4-8-21(23)13-16-26(24)31/h3-17,31H,18H2,1-2H3,(H,29,32)/b28-17-. The average molecular weight is 488 g/mol. The molecule has 7 nitrogen and oxygen atoms in total. The number of carbonyl (C=O) groups is 1. The largest absolute Gasteiger partial charge is 0.507 e. The molecule has 0 spiro atoms. The minimum atomic E-state index is -4.02. The van der Waals surface area contributed by atoms with Gasteiger partial charge in [-0.25, -0.2) is 13.8 Å². The van der Waals surface area contributed by atoms with Gasteiger partial charge in [-0.15, -0.1) is 0 Å². The van der Waals surface area contributed by atoms with E-state index in [2.05, 4.69) is 10.5 Å². The van der Waals surface area contributed by atoms with Gasteiger partial charge in [-0.3, -0.25) is 9.10 Å². The predicted molar refractivity (Wildman–Crippen MR) is 138 cm³/mol. The van der Waals surface area contributed by atoms with Gasteiger partial charge in [0.25, 0.3) is 15.9 Å². The van der Waals surface area contributed by atoms with Crippen molar-refractivity contribution in [1.29, 1.82) is 0 Å². The molecular formula is C27H25N3O4S. The van der Waals surface area contributed by atoms with E-state index in [1.54, 1.807) is 55.5 Å². The number of amides is 1. The van der Waals surface area contributed by atoms with Crippen molar-refractivity contribution < 1.29 is 18.3 Å². The average Bonchev–Trinajstić information content (AvgIpc) is 2.84. The fourth-order valence-electron chi connectivity index (χ4n) is 3.73. The first-order chi connectivity index (χ1) is 16.8. The first kappa shape index (κ1) is 24.0. The fourth-order valence-corrected chi connectivity index (χ4v) is 5.22. The second-order valence-electron chi connectivity index (χ2n) is 8.12. The van der Waals surface area contributed by atoms with Crippen LogP contribution in [-0.2, 0) is 14.8 Å². The Bertz CT molecular complexity index is 1510. The summed E-state index contributed by atoms with van der Waals surface area (Å²) in [6.45, 7) is 3.18. The molecule has 4 aromatic rings. The summed E-state index contributed by atoms with van der Waals surface area (Å²) in [6, 6.07) is 24.3. The molecule has 0 saturated heterocycles. The van der Waals surface area contributed by atoms with Crippen LogP contribution in [0, 0.1) is 13.8 Å². The molecule has 2 N–H and O–H groups in total. The predicted octanol–water partition coefficient (Wildman–Crippen LogP) is 4.51. The van der Waals surface area contributed by atoms with E-state index in [9.17, 15) is 18.3 Å². The van der Waals surface area contributed by atoms with E-state index in [0.29, 0.717) is 16.8 Å². The summed E-state index contributed by atoms with van der Waals surface area (Å²) in [6.07, 6.45) is 1.35. The molecule has 8 heteroatoms. The molecule has 1 amide bonds. The third kappa shape index (κ3) is 5.17. The number of aryl methyl sites for hydroxylation is 2. The smallest absolute Gasteiger partial charge is 0.264 e. The molecule has 0 aliphatic carbocycles. The summed E-state index contributed by atoms with van der Waals surface area (Å²) in [5, 5.41) is 15.9. The zero-order chi connectivity index (χ0) is 25.0. The fraction of sp³-hybridized carbons (Fsp3) is 0.111. The van der Waals surface area contributed by atoms with Crippen molar-refractivity contribution in [1.82, 2.24) is 5.43 Å². The molecule has 0 bridgehead atoms. The highest BCUT2D eigenvalue weighted by molar-refractivity contribution is 7.92. The lowest BCUT2D eigenvalue weighted by molar-refractivity contribution is -0.119. The number of anilines is 1. The Kier molecular flexibility index (Phi) is 6.84. The first-order valence-electron chi connectivity index (χ1n) is 10.9. The normalized spacial score (nSPS) is 11.6. The molecule has 35 heavy (non-hydrogen) atoms. The van der Waals surface area contributed by atoms with Gasteiger partial charge in [-0.1, -0.05) is 66.2 Å². The molecular weight excluding hydrogens is 462 g/mol. The number of phenolic OH excluding ortho intramolecular Hbond substituents is 1. The minimum absolute atomic E-state index is 0.0187. The van der Waals surface area contributed by atoms with Gasteiger partial charge in [0.1, 0.15) is 12.3 Å². The van der Waals surface area contributed by atoms with Crippen LogP contribution in [-0.4, -0.2) is 32.2 Å². The summed E-state index contributed by atoms with van der Waals surface area (Å²) in [5.74, 6) is -0.606. The van der Waals surface area contributed by atoms with Crippen LogP contribution < -0.4 is 9.73 Å². The van der Waals surface area contributed by atoms with Crippen molar-refractivity contribution in [3.8, 4) is 5.75 Å².